The Bertz CT molecular complexity index is 1850. The van der Waals surface area contributed by atoms with Crippen LogP contribution >= 0.6 is 0 Å². The van der Waals surface area contributed by atoms with Gasteiger partial charge in [-0.1, -0.05) is 0 Å². The summed E-state index contributed by atoms with van der Waals surface area (Å²) >= 11 is 0. The molecule has 1 aromatic carbocycles. The van der Waals surface area contributed by atoms with Crippen molar-refractivity contribution in [3.8, 4) is 0 Å². The fraction of sp³-hybridized carbons (Fsp3) is 0.528. The number of aromatic amines is 1. The molecule has 23 nitrogen and oxygen atoms in total. The first-order chi connectivity index (χ1) is 28.5. The Morgan fingerprint density at radius 1 is 0.746 bits per heavy atom. The number of carboxylic acid groups (broad SMARTS) is 2. The zero-order valence-electron chi connectivity index (χ0n) is 32.4. The maximum atomic E-state index is 12.8. The second-order valence-corrected chi connectivity index (χ2v) is 12.7. The number of rotatable bonds is 31. The summed E-state index contributed by atoms with van der Waals surface area (Å²) in [7, 11) is 0. The Kier molecular flexibility index (Phi) is 21.7. The molecule has 0 saturated carbocycles. The molecule has 0 aliphatic carbocycles. The quantitative estimate of drug-likeness (QED) is 0.0279. The molecule has 23 heteroatoms. The molecule has 0 spiro atoms. The minimum Gasteiger partial charge on any atom is -0.480 e. The van der Waals surface area contributed by atoms with Crippen LogP contribution in [0.1, 0.15) is 54.6 Å². The number of anilines is 2. The Labute approximate surface area is 338 Å². The number of nitrogens with two attached hydrogens (primary N) is 2. The van der Waals surface area contributed by atoms with Crippen LogP contribution in [0.4, 0.5) is 11.6 Å². The molecule has 3 amide bonds. The number of aliphatic carboxylic acids is 2. The number of nitrogens with one attached hydrogen (secondary N) is 5. The topological polar surface area (TPSA) is 344 Å². The first-order valence-electron chi connectivity index (χ1n) is 18.8. The number of unbranched alkanes of at least 4 members (excludes halogenated alkanes) is 1. The summed E-state index contributed by atoms with van der Waals surface area (Å²) in [4.78, 5) is 92.2. The second kappa shape index (κ2) is 27.0. The highest BCUT2D eigenvalue weighted by Crippen LogP contribution is 2.13. The fourth-order valence-electron chi connectivity index (χ4n) is 5.11. The average molecular weight is 833 g/mol. The standard InChI is InChI=1S/C36H52N10O13/c37-36-45-31-30(33(50)46-36)42-25(22-41-31)21-40-24-6-4-23(5-7-24)32(49)44-27(35(53)54)8-9-29(48)43-26(34(51)52)3-1-2-11-39-28(47)10-12-55-13-14-56-15-16-57-17-18-58-19-20-59-38/h4-7,22,26-27,40H,1-3,8-21,38H2,(H,39,47)(H,43,48)(H,44,49)(H,51,52)(H,53,54)(H3,37,41,45,46,50)/t26-,27-/m0/s1. The number of hydrogen-bond acceptors (Lipinski definition) is 17. The number of H-pyrrole nitrogens is 1. The van der Waals surface area contributed by atoms with E-state index < -0.39 is 41.4 Å². The van der Waals surface area contributed by atoms with Crippen molar-refractivity contribution < 1.29 is 58.0 Å². The Morgan fingerprint density at radius 3 is 1.98 bits per heavy atom. The van der Waals surface area contributed by atoms with E-state index in [0.29, 0.717) is 83.6 Å². The lowest BCUT2D eigenvalue weighted by Gasteiger charge is -2.17. The van der Waals surface area contributed by atoms with E-state index in [-0.39, 0.29) is 67.4 Å². The molecule has 0 radical (unpaired) electrons. The molecule has 59 heavy (non-hydrogen) atoms. The van der Waals surface area contributed by atoms with Crippen molar-refractivity contribution in [1.82, 2.24) is 35.9 Å². The number of nitrogen functional groups attached to an aromatic ring is 1. The maximum Gasteiger partial charge on any atom is 0.326 e. The normalized spacial score (nSPS) is 12.1. The van der Waals surface area contributed by atoms with Gasteiger partial charge in [-0.15, -0.1) is 0 Å². The number of ether oxygens (including phenoxy) is 4. The largest absolute Gasteiger partial charge is 0.480 e. The molecule has 2 heterocycles. The summed E-state index contributed by atoms with van der Waals surface area (Å²) in [5.74, 6) is 0.547. The minimum absolute atomic E-state index is 0.0266. The summed E-state index contributed by atoms with van der Waals surface area (Å²) in [6.07, 6.45) is 1.82. The number of benzene rings is 1. The summed E-state index contributed by atoms with van der Waals surface area (Å²) in [5, 5.41) is 29.9. The maximum absolute atomic E-state index is 12.8. The smallest absolute Gasteiger partial charge is 0.326 e. The first-order valence-corrected chi connectivity index (χ1v) is 18.8. The number of carbonyl (C=O) groups excluding carboxylic acids is 3. The van der Waals surface area contributed by atoms with Gasteiger partial charge in [-0.3, -0.25) is 24.2 Å². The number of aromatic nitrogens is 4. The van der Waals surface area contributed by atoms with Crippen molar-refractivity contribution in [1.29, 1.82) is 0 Å². The van der Waals surface area contributed by atoms with Gasteiger partial charge in [-0.2, -0.15) is 4.98 Å². The number of amides is 3. The lowest BCUT2D eigenvalue weighted by molar-refractivity contribution is -0.142. The minimum atomic E-state index is -1.43. The van der Waals surface area contributed by atoms with E-state index in [0.717, 1.165) is 0 Å². The number of carboxylic acids is 2. The van der Waals surface area contributed by atoms with Crippen molar-refractivity contribution in [2.75, 3.05) is 77.1 Å². The van der Waals surface area contributed by atoms with E-state index in [4.69, 9.17) is 30.6 Å². The van der Waals surface area contributed by atoms with Crippen LogP contribution < -0.4 is 38.5 Å². The van der Waals surface area contributed by atoms with Gasteiger partial charge < -0.3 is 61.0 Å². The summed E-state index contributed by atoms with van der Waals surface area (Å²) in [6.45, 7) is 3.69. The molecular weight excluding hydrogens is 780 g/mol. The number of nitrogens with zero attached hydrogens (tertiary/aromatic N) is 3. The van der Waals surface area contributed by atoms with Crippen LogP contribution in [0, 0.1) is 0 Å². The van der Waals surface area contributed by atoms with Crippen LogP contribution in [0.5, 0.6) is 0 Å². The van der Waals surface area contributed by atoms with Crippen molar-refractivity contribution in [3.05, 3.63) is 52.1 Å². The van der Waals surface area contributed by atoms with Gasteiger partial charge >= 0.3 is 11.9 Å². The molecule has 0 fully saturated rings. The van der Waals surface area contributed by atoms with Gasteiger partial charge in [0.25, 0.3) is 11.5 Å². The zero-order chi connectivity index (χ0) is 42.8. The van der Waals surface area contributed by atoms with Gasteiger partial charge in [0.05, 0.1) is 77.9 Å². The van der Waals surface area contributed by atoms with E-state index in [2.05, 4.69) is 46.0 Å². The van der Waals surface area contributed by atoms with Gasteiger partial charge in [0.15, 0.2) is 11.2 Å². The number of carbonyl (C=O) groups is 5. The molecule has 0 bridgehead atoms. The van der Waals surface area contributed by atoms with Crippen molar-refractivity contribution in [2.45, 2.75) is 57.2 Å². The van der Waals surface area contributed by atoms with E-state index in [1.807, 2.05) is 0 Å². The molecule has 2 aromatic heterocycles. The molecule has 0 aliphatic heterocycles. The zero-order valence-corrected chi connectivity index (χ0v) is 32.4. The van der Waals surface area contributed by atoms with Gasteiger partial charge in [0, 0.05) is 30.6 Å². The van der Waals surface area contributed by atoms with Crippen molar-refractivity contribution in [3.63, 3.8) is 0 Å². The van der Waals surface area contributed by atoms with Crippen molar-refractivity contribution in [2.24, 2.45) is 5.90 Å². The van der Waals surface area contributed by atoms with Crippen LogP contribution in [0.15, 0.2) is 35.3 Å². The number of fused-ring (bicyclic) bond motifs is 1. The lowest BCUT2D eigenvalue weighted by Crippen LogP contribution is -2.44. The monoisotopic (exact) mass is 832 g/mol. The highest BCUT2D eigenvalue weighted by molar-refractivity contribution is 5.97. The van der Waals surface area contributed by atoms with Crippen LogP contribution in [-0.4, -0.2) is 138 Å². The SMILES string of the molecule is NOCCOCCOCCOCCOCCC(=O)NCCCC[C@H](NC(=O)CC[C@H](NC(=O)c1ccc(NCc2cnc3nc(N)[nH]c(=O)c3n2)cc1)C(=O)O)C(=O)O. The molecule has 0 saturated heterocycles. The first kappa shape index (κ1) is 47.5. The molecule has 2 atom stereocenters. The molecule has 11 N–H and O–H groups in total. The van der Waals surface area contributed by atoms with Gasteiger partial charge in [-0.25, -0.2) is 25.5 Å². The van der Waals surface area contributed by atoms with E-state index in [1.54, 1.807) is 12.1 Å². The Hall–Kier alpha value is -5.85. The second-order valence-electron chi connectivity index (χ2n) is 12.7. The predicted molar refractivity (Wildman–Crippen MR) is 209 cm³/mol. The average Bonchev–Trinajstić information content (AvgIpc) is 3.21. The van der Waals surface area contributed by atoms with Crippen molar-refractivity contribution >= 4 is 52.5 Å². The molecule has 324 valence electrons. The summed E-state index contributed by atoms with van der Waals surface area (Å²) < 4.78 is 21.3. The van der Waals surface area contributed by atoms with E-state index >= 15 is 0 Å². The van der Waals surface area contributed by atoms with Gasteiger partial charge in [0.2, 0.25) is 17.8 Å². The predicted octanol–water partition coefficient (Wildman–Crippen LogP) is -0.927. The molecule has 0 aliphatic rings. The van der Waals surface area contributed by atoms with Crippen LogP contribution in [0.2, 0.25) is 0 Å². The third-order valence-corrected chi connectivity index (χ3v) is 8.18. The third kappa shape index (κ3) is 19.0. The number of hydrogen-bond donors (Lipinski definition) is 9. The van der Waals surface area contributed by atoms with E-state index in [9.17, 15) is 39.0 Å². The highest BCUT2D eigenvalue weighted by atomic mass is 16.6. The highest BCUT2D eigenvalue weighted by Gasteiger charge is 2.24. The van der Waals surface area contributed by atoms with Crippen LogP contribution in [0.25, 0.3) is 11.2 Å². The third-order valence-electron chi connectivity index (χ3n) is 8.18. The molecule has 0 unspecified atom stereocenters. The summed E-state index contributed by atoms with van der Waals surface area (Å²) in [6, 6.07) is 3.43. The molecular formula is C36H52N10O13. The van der Waals surface area contributed by atoms with Crippen LogP contribution in [-0.2, 0) is 49.5 Å². The van der Waals surface area contributed by atoms with E-state index in [1.165, 1.54) is 18.3 Å². The lowest BCUT2D eigenvalue weighted by atomic mass is 10.1. The van der Waals surface area contributed by atoms with Gasteiger partial charge in [-0.05, 0) is 49.9 Å². The fourth-order valence-corrected chi connectivity index (χ4v) is 5.11. The Morgan fingerprint density at radius 2 is 1.36 bits per heavy atom. The van der Waals surface area contributed by atoms with Crippen LogP contribution in [0.3, 0.4) is 0 Å². The Balaban J connectivity index is 1.27. The van der Waals surface area contributed by atoms with Gasteiger partial charge in [0.1, 0.15) is 12.1 Å². The molecule has 3 aromatic rings. The summed E-state index contributed by atoms with van der Waals surface area (Å²) in [5.41, 5.74) is 6.30. The molecule has 3 rings (SSSR count).